The van der Waals surface area contributed by atoms with Crippen molar-refractivity contribution in [1.82, 2.24) is 5.32 Å². The van der Waals surface area contributed by atoms with Crippen molar-refractivity contribution in [1.29, 1.82) is 0 Å². The van der Waals surface area contributed by atoms with Crippen LogP contribution in [0.3, 0.4) is 0 Å². The van der Waals surface area contributed by atoms with Crippen LogP contribution in [0.4, 0.5) is 0 Å². The Labute approximate surface area is 81.0 Å². The lowest BCUT2D eigenvalue weighted by Gasteiger charge is -2.31. The Bertz CT molecular complexity index is 126. The van der Waals surface area contributed by atoms with Crippen LogP contribution in [0.5, 0.6) is 0 Å². The van der Waals surface area contributed by atoms with Crippen molar-refractivity contribution < 1.29 is 4.74 Å². The van der Waals surface area contributed by atoms with Crippen LogP contribution in [0.15, 0.2) is 0 Å². The predicted molar refractivity (Wildman–Crippen MR) is 54.7 cm³/mol. The van der Waals surface area contributed by atoms with Gasteiger partial charge in [-0.15, -0.1) is 0 Å². The largest absolute Gasteiger partial charge is 0.383 e. The fraction of sp³-hybridized carbons (Fsp3) is 1.00. The molecule has 0 aromatic rings. The topological polar surface area (TPSA) is 47.3 Å². The van der Waals surface area contributed by atoms with Gasteiger partial charge >= 0.3 is 0 Å². The second-order valence-corrected chi connectivity index (χ2v) is 3.88. The lowest BCUT2D eigenvalue weighted by atomic mass is 9.92. The molecule has 78 valence electrons. The van der Waals surface area contributed by atoms with E-state index in [1.54, 1.807) is 7.11 Å². The van der Waals surface area contributed by atoms with Crippen LogP contribution < -0.4 is 11.1 Å². The summed E-state index contributed by atoms with van der Waals surface area (Å²) in [7, 11) is 1.76. The van der Waals surface area contributed by atoms with E-state index >= 15 is 0 Å². The smallest absolute Gasteiger partial charge is 0.0615 e. The molecule has 0 aromatic carbocycles. The van der Waals surface area contributed by atoms with E-state index in [0.717, 1.165) is 32.0 Å². The quantitative estimate of drug-likeness (QED) is 0.620. The molecule has 1 fully saturated rings. The van der Waals surface area contributed by atoms with Crippen LogP contribution in [0.25, 0.3) is 0 Å². The van der Waals surface area contributed by atoms with Crippen LogP contribution in [0.1, 0.15) is 32.1 Å². The second-order valence-electron chi connectivity index (χ2n) is 3.88. The SMILES string of the molecule is COCC(CCCN)NC1CCC1. The van der Waals surface area contributed by atoms with Gasteiger partial charge in [0, 0.05) is 19.2 Å². The first kappa shape index (κ1) is 11.0. The zero-order valence-electron chi connectivity index (χ0n) is 8.59. The molecule has 1 aliphatic carbocycles. The summed E-state index contributed by atoms with van der Waals surface area (Å²) in [6.45, 7) is 1.60. The first-order chi connectivity index (χ1) is 6.36. The van der Waals surface area contributed by atoms with E-state index in [1.807, 2.05) is 0 Å². The maximum atomic E-state index is 5.48. The summed E-state index contributed by atoms with van der Waals surface area (Å²) in [5, 5.41) is 3.61. The summed E-state index contributed by atoms with van der Waals surface area (Å²) >= 11 is 0. The van der Waals surface area contributed by atoms with E-state index in [2.05, 4.69) is 5.32 Å². The highest BCUT2D eigenvalue weighted by molar-refractivity contribution is 4.80. The van der Waals surface area contributed by atoms with Crippen LogP contribution >= 0.6 is 0 Å². The van der Waals surface area contributed by atoms with Crippen molar-refractivity contribution in [2.24, 2.45) is 5.73 Å². The van der Waals surface area contributed by atoms with E-state index in [-0.39, 0.29) is 0 Å². The molecule has 1 atom stereocenters. The van der Waals surface area contributed by atoms with Gasteiger partial charge in [-0.25, -0.2) is 0 Å². The summed E-state index contributed by atoms with van der Waals surface area (Å²) in [5.41, 5.74) is 5.48. The number of hydrogen-bond donors (Lipinski definition) is 2. The van der Waals surface area contributed by atoms with Crippen LogP contribution in [0.2, 0.25) is 0 Å². The van der Waals surface area contributed by atoms with Crippen LogP contribution in [0, 0.1) is 0 Å². The van der Waals surface area contributed by atoms with Crippen molar-refractivity contribution in [2.45, 2.75) is 44.2 Å². The minimum atomic E-state index is 0.513. The third kappa shape index (κ3) is 4.07. The molecular formula is C10H22N2O. The molecule has 0 saturated heterocycles. The normalized spacial score (nSPS) is 19.8. The average Bonchev–Trinajstić information content (AvgIpc) is 2.07. The predicted octanol–water partition coefficient (Wildman–Crippen LogP) is 0.882. The van der Waals surface area contributed by atoms with Gasteiger partial charge in [0.25, 0.3) is 0 Å². The summed E-state index contributed by atoms with van der Waals surface area (Å²) in [5.74, 6) is 0. The van der Waals surface area contributed by atoms with Gasteiger partial charge in [-0.1, -0.05) is 6.42 Å². The molecule has 0 bridgehead atoms. The number of hydrogen-bond acceptors (Lipinski definition) is 3. The molecule has 0 radical (unpaired) electrons. The van der Waals surface area contributed by atoms with Crippen molar-refractivity contribution in [3.05, 3.63) is 0 Å². The Morgan fingerprint density at radius 3 is 2.77 bits per heavy atom. The standard InChI is InChI=1S/C10H22N2O/c1-13-8-10(6-3-7-11)12-9-4-2-5-9/h9-10,12H,2-8,11H2,1H3. The van der Waals surface area contributed by atoms with Gasteiger partial charge < -0.3 is 15.8 Å². The number of methoxy groups -OCH3 is 1. The molecule has 0 amide bonds. The van der Waals surface area contributed by atoms with Gasteiger partial charge in [-0.3, -0.25) is 0 Å². The molecule has 1 aliphatic rings. The van der Waals surface area contributed by atoms with E-state index in [0.29, 0.717) is 6.04 Å². The summed E-state index contributed by atoms with van der Waals surface area (Å²) < 4.78 is 5.17. The molecule has 1 saturated carbocycles. The van der Waals surface area contributed by atoms with E-state index in [1.165, 1.54) is 19.3 Å². The molecule has 3 N–H and O–H groups in total. The van der Waals surface area contributed by atoms with Crippen molar-refractivity contribution in [3.63, 3.8) is 0 Å². The highest BCUT2D eigenvalue weighted by Crippen LogP contribution is 2.19. The minimum absolute atomic E-state index is 0.513. The molecule has 0 aromatic heterocycles. The molecule has 0 heterocycles. The van der Waals surface area contributed by atoms with Gasteiger partial charge in [-0.05, 0) is 32.2 Å². The first-order valence-electron chi connectivity index (χ1n) is 5.32. The van der Waals surface area contributed by atoms with Crippen LogP contribution in [-0.4, -0.2) is 32.3 Å². The van der Waals surface area contributed by atoms with E-state index < -0.39 is 0 Å². The highest BCUT2D eigenvalue weighted by atomic mass is 16.5. The third-order valence-electron chi connectivity index (χ3n) is 2.70. The summed E-state index contributed by atoms with van der Waals surface area (Å²) in [4.78, 5) is 0. The van der Waals surface area contributed by atoms with Gasteiger partial charge in [0.1, 0.15) is 0 Å². The third-order valence-corrected chi connectivity index (χ3v) is 2.70. The van der Waals surface area contributed by atoms with E-state index in [4.69, 9.17) is 10.5 Å². The Morgan fingerprint density at radius 1 is 1.54 bits per heavy atom. The Morgan fingerprint density at radius 2 is 2.31 bits per heavy atom. The maximum Gasteiger partial charge on any atom is 0.0615 e. The monoisotopic (exact) mass is 186 g/mol. The molecule has 3 nitrogen and oxygen atoms in total. The van der Waals surface area contributed by atoms with Gasteiger partial charge in [0.2, 0.25) is 0 Å². The van der Waals surface area contributed by atoms with Gasteiger partial charge in [0.05, 0.1) is 6.61 Å². The molecule has 0 spiro atoms. The molecule has 0 aliphatic heterocycles. The fourth-order valence-corrected chi connectivity index (χ4v) is 1.69. The zero-order chi connectivity index (χ0) is 9.52. The number of nitrogens with one attached hydrogen (secondary N) is 1. The Hall–Kier alpha value is -0.120. The fourth-order valence-electron chi connectivity index (χ4n) is 1.69. The lowest BCUT2D eigenvalue weighted by molar-refractivity contribution is 0.145. The van der Waals surface area contributed by atoms with E-state index in [9.17, 15) is 0 Å². The highest BCUT2D eigenvalue weighted by Gasteiger charge is 2.20. The molecule has 13 heavy (non-hydrogen) atoms. The maximum absolute atomic E-state index is 5.48. The number of rotatable bonds is 7. The lowest BCUT2D eigenvalue weighted by Crippen LogP contribution is -2.44. The first-order valence-corrected chi connectivity index (χ1v) is 5.32. The van der Waals surface area contributed by atoms with Crippen molar-refractivity contribution in [2.75, 3.05) is 20.3 Å². The zero-order valence-corrected chi connectivity index (χ0v) is 8.59. The average molecular weight is 186 g/mol. The number of nitrogens with two attached hydrogens (primary N) is 1. The molecule has 1 rings (SSSR count). The molecular weight excluding hydrogens is 164 g/mol. The Balaban J connectivity index is 2.11. The van der Waals surface area contributed by atoms with Gasteiger partial charge in [-0.2, -0.15) is 0 Å². The van der Waals surface area contributed by atoms with Crippen LogP contribution in [-0.2, 0) is 4.74 Å². The second kappa shape index (κ2) is 6.35. The number of ether oxygens (including phenoxy) is 1. The minimum Gasteiger partial charge on any atom is -0.383 e. The molecule has 3 heteroatoms. The van der Waals surface area contributed by atoms with Crippen molar-refractivity contribution in [3.8, 4) is 0 Å². The molecule has 1 unspecified atom stereocenters. The van der Waals surface area contributed by atoms with Crippen molar-refractivity contribution >= 4 is 0 Å². The summed E-state index contributed by atoms with van der Waals surface area (Å²) in [6.07, 6.45) is 6.29. The Kier molecular flexibility index (Phi) is 5.35. The van der Waals surface area contributed by atoms with Gasteiger partial charge in [0.15, 0.2) is 0 Å². The summed E-state index contributed by atoms with van der Waals surface area (Å²) in [6, 6.07) is 1.26.